The number of benzene rings is 4. The quantitative estimate of drug-likeness (QED) is 0.0534. The number of carbonyl (C=O) groups excluding carboxylic acids is 2. The van der Waals surface area contributed by atoms with Gasteiger partial charge in [-0.15, -0.1) is 0 Å². The van der Waals surface area contributed by atoms with Crippen molar-refractivity contribution in [3.8, 4) is 11.1 Å². The first-order valence-electron chi connectivity index (χ1n) is 20.6. The van der Waals surface area contributed by atoms with Crippen molar-refractivity contribution in [2.24, 2.45) is 0 Å². The summed E-state index contributed by atoms with van der Waals surface area (Å²) < 4.78 is 17.6. The molecule has 2 amide bonds. The molecule has 10 nitrogen and oxygen atoms in total. The van der Waals surface area contributed by atoms with Crippen LogP contribution in [-0.4, -0.2) is 64.5 Å². The molecular weight excluding hydrogens is 779 g/mol. The fourth-order valence-electron chi connectivity index (χ4n) is 7.93. The van der Waals surface area contributed by atoms with Crippen molar-refractivity contribution in [3.63, 3.8) is 0 Å². The molecule has 61 heavy (non-hydrogen) atoms. The molecule has 0 fully saturated rings. The maximum atomic E-state index is 13.8. The molecule has 6 rings (SSSR count). The van der Waals surface area contributed by atoms with E-state index < -0.39 is 14.6 Å². The van der Waals surface area contributed by atoms with Crippen LogP contribution in [-0.2, 0) is 20.4 Å². The van der Waals surface area contributed by atoms with Gasteiger partial charge in [-0.1, -0.05) is 118 Å². The normalized spacial score (nSPS) is 11.8. The molecule has 0 aliphatic carbocycles. The van der Waals surface area contributed by atoms with Crippen LogP contribution in [0, 0.1) is 13.8 Å². The van der Waals surface area contributed by atoms with Crippen molar-refractivity contribution >= 4 is 41.9 Å². The smallest absolute Gasteiger partial charge is 0.276 e. The fraction of sp³-hybridized carbons (Fsp3) is 0.280. The Labute approximate surface area is 361 Å². The Kier molecular flexibility index (Phi) is 14.8. The molecule has 2 N–H and O–H groups in total. The Bertz CT molecular complexity index is 2340. The molecule has 0 bridgehead atoms. The predicted octanol–water partition coefficient (Wildman–Crippen LogP) is 8.64. The summed E-state index contributed by atoms with van der Waals surface area (Å²) in [4.78, 5) is 37.5. The number of nitrogens with zero attached hydrogens (tertiary/aromatic N) is 3. The van der Waals surface area contributed by atoms with Crippen LogP contribution in [0.15, 0.2) is 134 Å². The SMILES string of the molecule is COC(OC)c1ccc(C(=O)Nc2cccc(-c3cccc(N(C)C(=O)c4ccc(CNCCCO[Si](c5ccccc5)(c5ccccc5)C(C)(C)C)cn4)c3C)c2C)nc1. The molecule has 4 aromatic carbocycles. The number of pyridine rings is 2. The predicted molar refractivity (Wildman–Crippen MR) is 247 cm³/mol. The molecule has 6 aromatic rings. The third kappa shape index (κ3) is 10.0. The van der Waals surface area contributed by atoms with E-state index in [1.165, 1.54) is 10.4 Å². The van der Waals surface area contributed by atoms with Gasteiger partial charge in [0.15, 0.2) is 6.29 Å². The molecule has 0 saturated heterocycles. The summed E-state index contributed by atoms with van der Waals surface area (Å²) in [6.45, 7) is 12.9. The lowest BCUT2D eigenvalue weighted by Gasteiger charge is -2.43. The summed E-state index contributed by atoms with van der Waals surface area (Å²) in [5.74, 6) is -0.543. The number of anilines is 2. The van der Waals surface area contributed by atoms with Crippen molar-refractivity contribution in [1.82, 2.24) is 15.3 Å². The number of hydrogen-bond donors (Lipinski definition) is 2. The van der Waals surface area contributed by atoms with Gasteiger partial charge < -0.3 is 29.4 Å². The molecule has 11 heteroatoms. The van der Waals surface area contributed by atoms with Gasteiger partial charge in [-0.2, -0.15) is 0 Å². The molecule has 0 saturated carbocycles. The van der Waals surface area contributed by atoms with E-state index in [0.29, 0.717) is 30.1 Å². The van der Waals surface area contributed by atoms with Crippen molar-refractivity contribution in [2.75, 3.05) is 44.6 Å². The Hall–Kier alpha value is -5.82. The molecule has 0 aliphatic heterocycles. The first-order valence-corrected chi connectivity index (χ1v) is 22.5. The molecule has 316 valence electrons. The van der Waals surface area contributed by atoms with Gasteiger partial charge in [-0.3, -0.25) is 19.6 Å². The van der Waals surface area contributed by atoms with E-state index in [0.717, 1.165) is 46.5 Å². The highest BCUT2D eigenvalue weighted by Gasteiger charge is 2.50. The Morgan fingerprint density at radius 2 is 1.33 bits per heavy atom. The third-order valence-electron chi connectivity index (χ3n) is 11.2. The minimum atomic E-state index is -2.57. The third-order valence-corrected chi connectivity index (χ3v) is 16.2. The summed E-state index contributed by atoms with van der Waals surface area (Å²) in [5, 5.41) is 9.04. The second kappa shape index (κ2) is 20.2. The number of methoxy groups -OCH3 is 2. The minimum absolute atomic E-state index is 0.0667. The zero-order valence-corrected chi connectivity index (χ0v) is 37.5. The van der Waals surface area contributed by atoms with Gasteiger partial charge >= 0.3 is 0 Å². The van der Waals surface area contributed by atoms with E-state index in [1.807, 2.05) is 56.3 Å². The lowest BCUT2D eigenvalue weighted by molar-refractivity contribution is -0.106. The largest absolute Gasteiger partial charge is 0.407 e. The highest BCUT2D eigenvalue weighted by molar-refractivity contribution is 6.99. The van der Waals surface area contributed by atoms with Gasteiger partial charge in [0, 0.05) is 63.8 Å². The van der Waals surface area contributed by atoms with E-state index in [-0.39, 0.29) is 22.5 Å². The molecule has 2 aromatic heterocycles. The van der Waals surface area contributed by atoms with Crippen LogP contribution >= 0.6 is 0 Å². The molecule has 0 unspecified atom stereocenters. The number of rotatable bonds is 17. The van der Waals surface area contributed by atoms with Gasteiger partial charge in [0.05, 0.1) is 0 Å². The average Bonchev–Trinajstić information content (AvgIpc) is 3.27. The number of ether oxygens (including phenoxy) is 2. The topological polar surface area (TPSA) is 115 Å². The van der Waals surface area contributed by atoms with Crippen molar-refractivity contribution in [1.29, 1.82) is 0 Å². The van der Waals surface area contributed by atoms with Crippen molar-refractivity contribution in [3.05, 3.63) is 167 Å². The summed E-state index contributed by atoms with van der Waals surface area (Å²) in [6, 6.07) is 40.2. The maximum Gasteiger partial charge on any atom is 0.276 e. The summed E-state index contributed by atoms with van der Waals surface area (Å²) in [7, 11) is 2.29. The number of carbonyl (C=O) groups is 2. The lowest BCUT2D eigenvalue weighted by Crippen LogP contribution is -2.66. The summed E-state index contributed by atoms with van der Waals surface area (Å²) in [6.07, 6.45) is 3.62. The summed E-state index contributed by atoms with van der Waals surface area (Å²) >= 11 is 0. The van der Waals surface area contributed by atoms with Crippen molar-refractivity contribution in [2.45, 2.75) is 58.9 Å². The zero-order valence-electron chi connectivity index (χ0n) is 36.5. The monoisotopic (exact) mass is 835 g/mol. The first kappa shape index (κ1) is 44.7. The van der Waals surface area contributed by atoms with Crippen molar-refractivity contribution < 1.29 is 23.5 Å². The number of nitrogens with one attached hydrogen (secondary N) is 2. The van der Waals surface area contributed by atoms with E-state index in [9.17, 15) is 9.59 Å². The summed E-state index contributed by atoms with van der Waals surface area (Å²) in [5.41, 5.74) is 7.45. The van der Waals surface area contributed by atoms with Crippen LogP contribution in [0.3, 0.4) is 0 Å². The van der Waals surface area contributed by atoms with Crippen LogP contribution in [0.4, 0.5) is 11.4 Å². The van der Waals surface area contributed by atoms with Crippen LogP contribution in [0.25, 0.3) is 11.1 Å². The molecular formula is C50H57N5O5Si. The number of amides is 2. The Morgan fingerprint density at radius 1 is 0.721 bits per heavy atom. The zero-order chi connectivity index (χ0) is 43.6. The van der Waals surface area contributed by atoms with Crippen LogP contribution in [0.1, 0.15) is 76.7 Å². The maximum absolute atomic E-state index is 13.8. The van der Waals surface area contributed by atoms with Crippen LogP contribution in [0.2, 0.25) is 5.04 Å². The highest BCUT2D eigenvalue weighted by Crippen LogP contribution is 2.37. The van der Waals surface area contributed by atoms with Gasteiger partial charge in [-0.05, 0) is 94.3 Å². The Balaban J connectivity index is 1.06. The minimum Gasteiger partial charge on any atom is -0.407 e. The molecule has 0 aliphatic rings. The molecule has 0 spiro atoms. The van der Waals surface area contributed by atoms with Gasteiger partial charge in [-0.25, -0.2) is 0 Å². The fourth-order valence-corrected chi connectivity index (χ4v) is 12.5. The highest BCUT2D eigenvalue weighted by atomic mass is 28.4. The van der Waals surface area contributed by atoms with Gasteiger partial charge in [0.2, 0.25) is 0 Å². The average molecular weight is 836 g/mol. The second-order valence-electron chi connectivity index (χ2n) is 16.1. The first-order chi connectivity index (χ1) is 29.4. The molecule has 0 radical (unpaired) electrons. The number of aromatic nitrogens is 2. The van der Waals surface area contributed by atoms with E-state index >= 15 is 0 Å². The second-order valence-corrected chi connectivity index (χ2v) is 20.4. The standard InChI is InChI=1S/C50H57N5O5Si/c1-35-41(22-15-24-43(35)54-47(56)44-29-27-38(34-53-44)49(58-7)59-8)42-23-16-25-46(36(42)2)55(6)48(57)45-28-26-37(33-52-45)32-51-30-17-31-60-61(50(3,4)5,39-18-11-9-12-19-39)40-20-13-10-14-21-40/h9-16,18-29,33-34,49,51H,17,30-32H2,1-8H3,(H,54,56). The lowest BCUT2D eigenvalue weighted by atomic mass is 9.94. The number of hydrogen-bond acceptors (Lipinski definition) is 8. The van der Waals surface area contributed by atoms with E-state index in [2.05, 4.69) is 102 Å². The van der Waals surface area contributed by atoms with E-state index in [4.69, 9.17) is 13.9 Å². The van der Waals surface area contributed by atoms with Gasteiger partial charge in [0.1, 0.15) is 11.4 Å². The van der Waals surface area contributed by atoms with E-state index in [1.54, 1.807) is 56.8 Å². The van der Waals surface area contributed by atoms with Crippen LogP contribution in [0.5, 0.6) is 0 Å². The van der Waals surface area contributed by atoms with Crippen LogP contribution < -0.4 is 25.9 Å². The Morgan fingerprint density at radius 3 is 1.90 bits per heavy atom. The van der Waals surface area contributed by atoms with Gasteiger partial charge in [0.25, 0.3) is 20.1 Å². The molecule has 2 heterocycles. The molecule has 0 atom stereocenters.